The third kappa shape index (κ3) is 5.90. The molecule has 2 saturated heterocycles. The van der Waals surface area contributed by atoms with Gasteiger partial charge in [0.1, 0.15) is 0 Å². The van der Waals surface area contributed by atoms with Gasteiger partial charge in [-0.15, -0.1) is 0 Å². The van der Waals surface area contributed by atoms with E-state index in [-0.39, 0.29) is 17.9 Å². The minimum Gasteiger partial charge on any atom is -0.375 e. The van der Waals surface area contributed by atoms with Crippen molar-refractivity contribution < 1.29 is 17.9 Å². The summed E-state index contributed by atoms with van der Waals surface area (Å²) in [5.41, 5.74) is 0. The highest BCUT2D eigenvalue weighted by Gasteiger charge is 2.26. The highest BCUT2D eigenvalue weighted by Crippen LogP contribution is 2.17. The Labute approximate surface area is 126 Å². The van der Waals surface area contributed by atoms with Crippen molar-refractivity contribution in [2.75, 3.05) is 45.6 Å². The first-order valence-electron chi connectivity index (χ1n) is 7.49. The molecule has 2 fully saturated rings. The van der Waals surface area contributed by atoms with Gasteiger partial charge in [0.2, 0.25) is 15.9 Å². The predicted octanol–water partition coefficient (Wildman–Crippen LogP) is -0.847. The van der Waals surface area contributed by atoms with Crippen molar-refractivity contribution >= 4 is 15.9 Å². The van der Waals surface area contributed by atoms with Gasteiger partial charge in [0.25, 0.3) is 0 Å². The molecule has 0 aliphatic carbocycles. The van der Waals surface area contributed by atoms with Crippen LogP contribution in [0.2, 0.25) is 0 Å². The number of amides is 1. The van der Waals surface area contributed by atoms with Crippen LogP contribution in [0.4, 0.5) is 0 Å². The molecule has 2 aliphatic heterocycles. The average Bonchev–Trinajstić information content (AvgIpc) is 2.46. The standard InChI is InChI=1S/C13H25N3O4S/c1-21(18,19)15-8-11-3-2-5-16(10-11)13(17)7-12-9-14-4-6-20-12/h11-12,14-15H,2-10H2,1H3. The number of piperidine rings is 1. The Kier molecular flexibility index (Phi) is 5.98. The summed E-state index contributed by atoms with van der Waals surface area (Å²) in [4.78, 5) is 14.1. The molecule has 2 atom stereocenters. The summed E-state index contributed by atoms with van der Waals surface area (Å²) in [6.45, 7) is 4.01. The third-order valence-electron chi connectivity index (χ3n) is 3.91. The van der Waals surface area contributed by atoms with Crippen molar-refractivity contribution in [3.05, 3.63) is 0 Å². The van der Waals surface area contributed by atoms with Crippen LogP contribution >= 0.6 is 0 Å². The van der Waals surface area contributed by atoms with Gasteiger partial charge in [-0.05, 0) is 18.8 Å². The van der Waals surface area contributed by atoms with Crippen molar-refractivity contribution in [3.63, 3.8) is 0 Å². The number of sulfonamides is 1. The van der Waals surface area contributed by atoms with Crippen LogP contribution in [0.3, 0.4) is 0 Å². The number of nitrogens with one attached hydrogen (secondary N) is 2. The lowest BCUT2D eigenvalue weighted by atomic mass is 9.98. The molecule has 2 aliphatic rings. The number of hydrogen-bond donors (Lipinski definition) is 2. The van der Waals surface area contributed by atoms with Crippen LogP contribution in [0.5, 0.6) is 0 Å². The van der Waals surface area contributed by atoms with Crippen molar-refractivity contribution in [2.24, 2.45) is 5.92 Å². The van der Waals surface area contributed by atoms with Crippen LogP contribution in [0.15, 0.2) is 0 Å². The molecule has 122 valence electrons. The van der Waals surface area contributed by atoms with E-state index in [2.05, 4.69) is 10.0 Å². The fourth-order valence-electron chi connectivity index (χ4n) is 2.80. The lowest BCUT2D eigenvalue weighted by Crippen LogP contribution is -2.46. The summed E-state index contributed by atoms with van der Waals surface area (Å²) in [6.07, 6.45) is 3.39. The van der Waals surface area contributed by atoms with Gasteiger partial charge < -0.3 is 15.0 Å². The zero-order chi connectivity index (χ0) is 15.3. The topological polar surface area (TPSA) is 87.7 Å². The molecule has 2 N–H and O–H groups in total. The number of carbonyl (C=O) groups excluding carboxylic acids is 1. The largest absolute Gasteiger partial charge is 0.375 e. The number of likely N-dealkylation sites (tertiary alicyclic amines) is 1. The molecule has 21 heavy (non-hydrogen) atoms. The molecule has 2 heterocycles. The number of carbonyl (C=O) groups is 1. The van der Waals surface area contributed by atoms with E-state index in [9.17, 15) is 13.2 Å². The second-order valence-corrected chi connectivity index (χ2v) is 7.70. The molecule has 0 saturated carbocycles. The number of rotatable bonds is 5. The first-order chi connectivity index (χ1) is 9.94. The van der Waals surface area contributed by atoms with Gasteiger partial charge in [-0.2, -0.15) is 0 Å². The maximum absolute atomic E-state index is 12.3. The Balaban J connectivity index is 1.78. The highest BCUT2D eigenvalue weighted by atomic mass is 32.2. The van der Waals surface area contributed by atoms with Crippen molar-refractivity contribution in [3.8, 4) is 0 Å². The van der Waals surface area contributed by atoms with Crippen LogP contribution in [-0.2, 0) is 19.6 Å². The van der Waals surface area contributed by atoms with E-state index in [4.69, 9.17) is 4.74 Å². The zero-order valence-corrected chi connectivity index (χ0v) is 13.3. The molecule has 2 rings (SSSR count). The summed E-state index contributed by atoms with van der Waals surface area (Å²) in [7, 11) is -3.17. The smallest absolute Gasteiger partial charge is 0.225 e. The summed E-state index contributed by atoms with van der Waals surface area (Å²) < 4.78 is 30.4. The summed E-state index contributed by atoms with van der Waals surface area (Å²) in [6, 6.07) is 0. The molecule has 1 amide bonds. The number of nitrogens with zero attached hydrogens (tertiary/aromatic N) is 1. The van der Waals surface area contributed by atoms with Gasteiger partial charge in [-0.25, -0.2) is 13.1 Å². The van der Waals surface area contributed by atoms with E-state index in [0.29, 0.717) is 26.1 Å². The normalized spacial score (nSPS) is 27.6. The Morgan fingerprint density at radius 3 is 2.95 bits per heavy atom. The third-order valence-corrected chi connectivity index (χ3v) is 4.60. The van der Waals surface area contributed by atoms with Gasteiger partial charge >= 0.3 is 0 Å². The molecule has 0 bridgehead atoms. The van der Waals surface area contributed by atoms with E-state index in [1.807, 2.05) is 4.90 Å². The van der Waals surface area contributed by atoms with Crippen LogP contribution < -0.4 is 10.0 Å². The van der Waals surface area contributed by atoms with Gasteiger partial charge in [-0.3, -0.25) is 4.79 Å². The second-order valence-electron chi connectivity index (χ2n) is 5.87. The average molecular weight is 319 g/mol. The molecule has 8 heteroatoms. The maximum atomic E-state index is 12.3. The van der Waals surface area contributed by atoms with Gasteiger partial charge in [0.05, 0.1) is 25.4 Å². The van der Waals surface area contributed by atoms with Gasteiger partial charge in [0, 0.05) is 32.7 Å². The first kappa shape index (κ1) is 16.7. The molecule has 0 radical (unpaired) electrons. The second kappa shape index (κ2) is 7.53. The molecule has 0 aromatic carbocycles. The first-order valence-corrected chi connectivity index (χ1v) is 9.38. The van der Waals surface area contributed by atoms with Gasteiger partial charge in [0.15, 0.2) is 0 Å². The lowest BCUT2D eigenvalue weighted by Gasteiger charge is -2.34. The number of ether oxygens (including phenoxy) is 1. The molecule has 0 spiro atoms. The number of hydrogen-bond acceptors (Lipinski definition) is 5. The summed E-state index contributed by atoms with van der Waals surface area (Å²) >= 11 is 0. The van der Waals surface area contributed by atoms with Crippen molar-refractivity contribution in [2.45, 2.75) is 25.4 Å². The monoisotopic (exact) mass is 319 g/mol. The molecule has 0 aromatic heterocycles. The Morgan fingerprint density at radius 1 is 1.48 bits per heavy atom. The van der Waals surface area contributed by atoms with Crippen LogP contribution in [-0.4, -0.2) is 70.9 Å². The van der Waals surface area contributed by atoms with Gasteiger partial charge in [-0.1, -0.05) is 0 Å². The molecule has 7 nitrogen and oxygen atoms in total. The molecular weight excluding hydrogens is 294 g/mol. The van der Waals surface area contributed by atoms with E-state index in [1.54, 1.807) is 0 Å². The zero-order valence-electron chi connectivity index (χ0n) is 12.5. The quantitative estimate of drug-likeness (QED) is 0.689. The lowest BCUT2D eigenvalue weighted by molar-refractivity contribution is -0.136. The number of morpholine rings is 1. The fourth-order valence-corrected chi connectivity index (χ4v) is 3.34. The van der Waals surface area contributed by atoms with Crippen molar-refractivity contribution in [1.29, 1.82) is 0 Å². The minimum atomic E-state index is -3.17. The fraction of sp³-hybridized carbons (Fsp3) is 0.923. The minimum absolute atomic E-state index is 0.0410. The van der Waals surface area contributed by atoms with Crippen LogP contribution in [0.1, 0.15) is 19.3 Å². The Hall–Kier alpha value is -0.700. The summed E-state index contributed by atoms with van der Waals surface area (Å²) in [5.74, 6) is 0.301. The molecule has 2 unspecified atom stereocenters. The van der Waals surface area contributed by atoms with E-state index in [0.717, 1.165) is 38.7 Å². The van der Waals surface area contributed by atoms with Crippen LogP contribution in [0.25, 0.3) is 0 Å². The van der Waals surface area contributed by atoms with E-state index in [1.165, 1.54) is 0 Å². The molecule has 0 aromatic rings. The van der Waals surface area contributed by atoms with Crippen LogP contribution in [0, 0.1) is 5.92 Å². The summed E-state index contributed by atoms with van der Waals surface area (Å²) in [5, 5.41) is 3.22. The SMILES string of the molecule is CS(=O)(=O)NCC1CCCN(C(=O)CC2CNCCO2)C1. The maximum Gasteiger partial charge on any atom is 0.225 e. The Bertz CT molecular complexity index is 448. The van der Waals surface area contributed by atoms with E-state index < -0.39 is 10.0 Å². The molecular formula is C13H25N3O4S. The Morgan fingerprint density at radius 2 is 2.29 bits per heavy atom. The predicted molar refractivity (Wildman–Crippen MR) is 79.4 cm³/mol. The highest BCUT2D eigenvalue weighted by molar-refractivity contribution is 7.88. The van der Waals surface area contributed by atoms with E-state index >= 15 is 0 Å². The van der Waals surface area contributed by atoms with Crippen molar-refractivity contribution in [1.82, 2.24) is 14.9 Å².